The zero-order valence-electron chi connectivity index (χ0n) is 12.1. The van der Waals surface area contributed by atoms with Crippen molar-refractivity contribution in [3.05, 3.63) is 46.4 Å². The normalized spacial score (nSPS) is 11.9. The van der Waals surface area contributed by atoms with E-state index in [1.807, 2.05) is 0 Å². The van der Waals surface area contributed by atoms with Gasteiger partial charge >= 0.3 is 6.18 Å². The lowest BCUT2D eigenvalue weighted by Crippen LogP contribution is -2.06. The molecule has 3 rings (SSSR count). The Balaban J connectivity index is 2.07. The van der Waals surface area contributed by atoms with Crippen molar-refractivity contribution in [3.63, 3.8) is 0 Å². The van der Waals surface area contributed by atoms with E-state index in [-0.39, 0.29) is 28.9 Å². The molecule has 0 aliphatic heterocycles. The Bertz CT molecular complexity index is 869. The van der Waals surface area contributed by atoms with Gasteiger partial charge in [-0.3, -0.25) is 4.68 Å². The number of rotatable bonds is 3. The minimum Gasteiger partial charge on any atom is -0.321 e. The second-order valence-corrected chi connectivity index (χ2v) is 5.74. The third kappa shape index (κ3) is 3.36. The standard InChI is InChI=1S/C13H9Cl2F3N6/c1-23-4-8(15)11(22-23)12-21-9(13(16,17)18)5-24(12)6-10-19-2-7(14)3-20-10/h2-5H,6H2,1H3. The lowest BCUT2D eigenvalue weighted by Gasteiger charge is -2.05. The molecule has 126 valence electrons. The van der Waals surface area contributed by atoms with Crippen molar-refractivity contribution in [1.29, 1.82) is 0 Å². The van der Waals surface area contributed by atoms with Crippen LogP contribution in [0.3, 0.4) is 0 Å². The van der Waals surface area contributed by atoms with Crippen LogP contribution in [0.1, 0.15) is 11.5 Å². The van der Waals surface area contributed by atoms with Gasteiger partial charge in [0.1, 0.15) is 11.5 Å². The number of halogens is 5. The van der Waals surface area contributed by atoms with Gasteiger partial charge in [-0.05, 0) is 0 Å². The van der Waals surface area contributed by atoms with Crippen LogP contribution in [0, 0.1) is 0 Å². The van der Waals surface area contributed by atoms with Gasteiger partial charge in [-0.1, -0.05) is 23.2 Å². The Kier molecular flexibility index (Phi) is 4.22. The largest absolute Gasteiger partial charge is 0.434 e. The van der Waals surface area contributed by atoms with Crippen molar-refractivity contribution >= 4 is 23.2 Å². The van der Waals surface area contributed by atoms with Crippen molar-refractivity contribution < 1.29 is 13.2 Å². The number of alkyl halides is 3. The van der Waals surface area contributed by atoms with Crippen molar-refractivity contribution in [2.75, 3.05) is 0 Å². The van der Waals surface area contributed by atoms with Crippen LogP contribution in [-0.4, -0.2) is 29.3 Å². The Labute approximate surface area is 143 Å². The van der Waals surface area contributed by atoms with Gasteiger partial charge in [0.25, 0.3) is 0 Å². The second kappa shape index (κ2) is 6.06. The van der Waals surface area contributed by atoms with Crippen LogP contribution in [0.25, 0.3) is 11.5 Å². The fourth-order valence-corrected chi connectivity index (χ4v) is 2.41. The summed E-state index contributed by atoms with van der Waals surface area (Å²) < 4.78 is 41.7. The molecule has 24 heavy (non-hydrogen) atoms. The summed E-state index contributed by atoms with van der Waals surface area (Å²) in [5.74, 6) is 0.255. The van der Waals surface area contributed by atoms with Crippen molar-refractivity contribution in [2.24, 2.45) is 7.05 Å². The molecule has 3 aromatic heterocycles. The highest BCUT2D eigenvalue weighted by Gasteiger charge is 2.35. The maximum atomic E-state index is 13.0. The summed E-state index contributed by atoms with van der Waals surface area (Å²) >= 11 is 11.7. The van der Waals surface area contributed by atoms with E-state index >= 15 is 0 Å². The lowest BCUT2D eigenvalue weighted by molar-refractivity contribution is -0.140. The Hall–Kier alpha value is -2.13. The first-order valence-corrected chi connectivity index (χ1v) is 7.30. The summed E-state index contributed by atoms with van der Waals surface area (Å²) in [6.07, 6.45) is 0.472. The fourth-order valence-electron chi connectivity index (χ4n) is 2.05. The van der Waals surface area contributed by atoms with Gasteiger partial charge in [0.05, 0.1) is 16.6 Å². The van der Waals surface area contributed by atoms with Gasteiger partial charge in [-0.25, -0.2) is 15.0 Å². The molecule has 0 spiro atoms. The molecule has 0 aliphatic carbocycles. The summed E-state index contributed by atoms with van der Waals surface area (Å²) in [7, 11) is 1.61. The van der Waals surface area contributed by atoms with E-state index in [0.717, 1.165) is 6.20 Å². The maximum absolute atomic E-state index is 13.0. The number of hydrogen-bond acceptors (Lipinski definition) is 4. The SMILES string of the molecule is Cn1cc(Cl)c(-c2nc(C(F)(F)F)cn2Cc2ncc(Cl)cn2)n1. The average molecular weight is 377 g/mol. The van der Waals surface area contributed by atoms with E-state index in [4.69, 9.17) is 23.2 Å². The summed E-state index contributed by atoms with van der Waals surface area (Å²) in [4.78, 5) is 11.6. The molecule has 3 heterocycles. The first-order valence-electron chi connectivity index (χ1n) is 6.54. The van der Waals surface area contributed by atoms with Gasteiger partial charge in [-0.2, -0.15) is 18.3 Å². The van der Waals surface area contributed by atoms with Crippen LogP contribution < -0.4 is 0 Å². The smallest absolute Gasteiger partial charge is 0.321 e. The molecule has 0 atom stereocenters. The summed E-state index contributed by atoms with van der Waals surface area (Å²) in [5, 5.41) is 4.58. The predicted molar refractivity (Wildman–Crippen MR) is 80.6 cm³/mol. The van der Waals surface area contributed by atoms with Crippen LogP contribution in [0.4, 0.5) is 13.2 Å². The van der Waals surface area contributed by atoms with Gasteiger partial charge in [0, 0.05) is 31.8 Å². The predicted octanol–water partition coefficient (Wildman–Crippen LogP) is 3.45. The van der Waals surface area contributed by atoms with Crippen LogP contribution >= 0.6 is 23.2 Å². The number of hydrogen-bond donors (Lipinski definition) is 0. The molecular formula is C13H9Cl2F3N6. The quantitative estimate of drug-likeness (QED) is 0.702. The molecule has 0 unspecified atom stereocenters. The Morgan fingerprint density at radius 3 is 2.33 bits per heavy atom. The molecule has 0 saturated carbocycles. The highest BCUT2D eigenvalue weighted by molar-refractivity contribution is 6.32. The zero-order chi connectivity index (χ0) is 17.5. The van der Waals surface area contributed by atoms with Gasteiger partial charge in [-0.15, -0.1) is 0 Å². The topological polar surface area (TPSA) is 61.4 Å². The van der Waals surface area contributed by atoms with E-state index in [2.05, 4.69) is 20.1 Å². The fraction of sp³-hybridized carbons (Fsp3) is 0.231. The van der Waals surface area contributed by atoms with E-state index in [0.29, 0.717) is 5.02 Å². The lowest BCUT2D eigenvalue weighted by atomic mass is 10.4. The molecule has 0 bridgehead atoms. The van der Waals surface area contributed by atoms with Crippen LogP contribution in [0.5, 0.6) is 0 Å². The zero-order valence-corrected chi connectivity index (χ0v) is 13.6. The first kappa shape index (κ1) is 16.7. The van der Waals surface area contributed by atoms with Gasteiger partial charge in [0.2, 0.25) is 0 Å². The molecule has 0 amide bonds. The summed E-state index contributed by atoms with van der Waals surface area (Å²) in [6.45, 7) is -0.0392. The number of imidazole rings is 1. The molecule has 0 aromatic carbocycles. The first-order chi connectivity index (χ1) is 11.2. The Morgan fingerprint density at radius 1 is 1.12 bits per heavy atom. The van der Waals surface area contributed by atoms with Crippen LogP contribution in [-0.2, 0) is 19.8 Å². The van der Waals surface area contributed by atoms with Crippen LogP contribution in [0.15, 0.2) is 24.8 Å². The molecule has 0 N–H and O–H groups in total. The maximum Gasteiger partial charge on any atom is 0.434 e. The number of aromatic nitrogens is 6. The van der Waals surface area contributed by atoms with E-state index in [1.165, 1.54) is 27.8 Å². The van der Waals surface area contributed by atoms with Crippen molar-refractivity contribution in [3.8, 4) is 11.5 Å². The molecule has 0 aliphatic rings. The van der Waals surface area contributed by atoms with E-state index < -0.39 is 11.9 Å². The highest BCUT2D eigenvalue weighted by Crippen LogP contribution is 2.32. The summed E-state index contributed by atoms with van der Waals surface area (Å²) in [6, 6.07) is 0. The van der Waals surface area contributed by atoms with Gasteiger partial charge in [0.15, 0.2) is 11.5 Å². The van der Waals surface area contributed by atoms with Crippen molar-refractivity contribution in [1.82, 2.24) is 29.3 Å². The second-order valence-electron chi connectivity index (χ2n) is 4.89. The third-order valence-corrected chi connectivity index (χ3v) is 3.52. The molecule has 11 heteroatoms. The minimum atomic E-state index is -4.60. The third-order valence-electron chi connectivity index (χ3n) is 3.05. The summed E-state index contributed by atoms with van der Waals surface area (Å²) in [5.41, 5.74) is -0.906. The molecule has 0 radical (unpaired) electrons. The molecule has 0 fully saturated rings. The highest BCUT2D eigenvalue weighted by atomic mass is 35.5. The minimum absolute atomic E-state index is 0.0218. The number of nitrogens with zero attached hydrogens (tertiary/aromatic N) is 6. The van der Waals surface area contributed by atoms with Crippen LogP contribution in [0.2, 0.25) is 10.0 Å². The monoisotopic (exact) mass is 376 g/mol. The molecule has 3 aromatic rings. The Morgan fingerprint density at radius 2 is 1.79 bits per heavy atom. The molecule has 0 saturated heterocycles. The van der Waals surface area contributed by atoms with E-state index in [1.54, 1.807) is 7.05 Å². The van der Waals surface area contributed by atoms with Crippen molar-refractivity contribution in [2.45, 2.75) is 12.7 Å². The average Bonchev–Trinajstić information content (AvgIpc) is 3.04. The van der Waals surface area contributed by atoms with Gasteiger partial charge < -0.3 is 4.57 Å². The molecular weight excluding hydrogens is 368 g/mol. The molecule has 6 nitrogen and oxygen atoms in total. The number of aryl methyl sites for hydroxylation is 1. The van der Waals surface area contributed by atoms with E-state index in [9.17, 15) is 13.2 Å².